The fourth-order valence-corrected chi connectivity index (χ4v) is 0.948. The maximum atomic E-state index is 12.1. The van der Waals surface area contributed by atoms with E-state index < -0.39 is 11.7 Å². The summed E-state index contributed by atoms with van der Waals surface area (Å²) in [6.45, 7) is 0. The molecule has 0 aliphatic rings. The molecule has 0 heterocycles. The average molecular weight is 222 g/mol. The number of hydrogen-bond donors (Lipinski definition) is 1. The lowest BCUT2D eigenvalue weighted by atomic mass is 10.2. The number of benzene rings is 1. The minimum Gasteiger partial charge on any atom is -0.265 e. The zero-order valence-corrected chi connectivity index (χ0v) is 7.52. The summed E-state index contributed by atoms with van der Waals surface area (Å²) in [4.78, 5) is 0. The molecule has 0 bridgehead atoms. The van der Waals surface area contributed by atoms with E-state index >= 15 is 0 Å². The number of rotatable bonds is 2. The molecule has 14 heavy (non-hydrogen) atoms. The van der Waals surface area contributed by atoms with Crippen LogP contribution in [0.3, 0.4) is 0 Å². The van der Waals surface area contributed by atoms with Crippen molar-refractivity contribution in [2.75, 3.05) is 5.43 Å². The van der Waals surface area contributed by atoms with Gasteiger partial charge in [-0.25, -0.2) is 0 Å². The van der Waals surface area contributed by atoms with Gasteiger partial charge in [0, 0.05) is 0 Å². The Morgan fingerprint density at radius 2 is 1.79 bits per heavy atom. The quantitative estimate of drug-likeness (QED) is 0.781. The molecule has 0 unspecified atom stereocenters. The van der Waals surface area contributed by atoms with E-state index in [1.165, 1.54) is 12.1 Å². The fourth-order valence-electron chi connectivity index (χ4n) is 0.805. The topological polar surface area (TPSA) is 41.5 Å². The van der Waals surface area contributed by atoms with Crippen LogP contribution in [-0.2, 0) is 17.6 Å². The molecule has 1 aromatic carbocycles. The molecule has 0 aliphatic carbocycles. The van der Waals surface area contributed by atoms with Crippen molar-refractivity contribution in [2.45, 2.75) is 6.18 Å². The van der Waals surface area contributed by atoms with Gasteiger partial charge in [-0.1, -0.05) is 4.47 Å². The highest BCUT2D eigenvalue weighted by Gasteiger charge is 2.29. The van der Waals surface area contributed by atoms with Gasteiger partial charge in [-0.15, -0.1) is 0 Å². The largest absolute Gasteiger partial charge is 0.416 e. The van der Waals surface area contributed by atoms with Crippen LogP contribution in [0.15, 0.2) is 28.7 Å². The van der Waals surface area contributed by atoms with E-state index in [9.17, 15) is 17.4 Å². The van der Waals surface area contributed by atoms with E-state index in [0.717, 1.165) is 12.1 Å². The molecule has 0 atom stereocenters. The summed E-state index contributed by atoms with van der Waals surface area (Å²) in [5, 5.41) is 0. The van der Waals surface area contributed by atoms with Crippen molar-refractivity contribution in [3.63, 3.8) is 0 Å². The molecule has 0 fully saturated rings. The number of hydrogen-bond acceptors (Lipinski definition) is 2. The van der Waals surface area contributed by atoms with Crippen LogP contribution < -0.4 is 5.43 Å². The minimum absolute atomic E-state index is 0.0521. The lowest BCUT2D eigenvalue weighted by Crippen LogP contribution is -2.04. The van der Waals surface area contributed by atoms with E-state index in [1.54, 1.807) is 0 Å². The normalized spacial score (nSPS) is 10.8. The smallest absolute Gasteiger partial charge is 0.265 e. The zero-order valence-electron chi connectivity index (χ0n) is 6.71. The van der Waals surface area contributed by atoms with E-state index in [4.69, 9.17) is 0 Å². The highest BCUT2D eigenvalue weighted by Crippen LogP contribution is 2.29. The Kier molecular flexibility index (Phi) is 3.23. The third-order valence-electron chi connectivity index (χ3n) is 1.42. The molecule has 0 aromatic heterocycles. The Hall–Kier alpha value is -1.37. The van der Waals surface area contributed by atoms with Crippen molar-refractivity contribution < 1.29 is 17.4 Å². The first-order valence-corrected chi connectivity index (χ1v) is 4.16. The number of alkyl halides is 3. The lowest BCUT2D eigenvalue weighted by Gasteiger charge is -2.06. The summed E-state index contributed by atoms with van der Waals surface area (Å²) >= 11 is -0.0521. The number of nitrogens with zero attached hydrogens (tertiary/aromatic N) is 1. The SMILES string of the molecule is O=S=NNc1ccc(C(F)(F)F)cc1. The summed E-state index contributed by atoms with van der Waals surface area (Å²) in [5.74, 6) is 0. The average Bonchev–Trinajstić information content (AvgIpc) is 2.14. The van der Waals surface area contributed by atoms with Crippen molar-refractivity contribution in [2.24, 2.45) is 4.47 Å². The number of anilines is 1. The first kappa shape index (κ1) is 10.7. The molecule has 0 radical (unpaired) electrons. The molecule has 0 saturated heterocycles. The molecular weight excluding hydrogens is 217 g/mol. The Bertz CT molecular complexity index is 356. The van der Waals surface area contributed by atoms with Crippen LogP contribution >= 0.6 is 0 Å². The van der Waals surface area contributed by atoms with Crippen LogP contribution in [-0.4, -0.2) is 4.21 Å². The molecule has 7 heteroatoms. The van der Waals surface area contributed by atoms with Gasteiger partial charge in [0.25, 0.3) is 0 Å². The molecule has 0 amide bonds. The van der Waals surface area contributed by atoms with E-state index in [2.05, 4.69) is 9.90 Å². The number of halogens is 3. The summed E-state index contributed by atoms with van der Waals surface area (Å²) in [6.07, 6.45) is -4.34. The summed E-state index contributed by atoms with van der Waals surface area (Å²) < 4.78 is 49.2. The molecule has 0 aliphatic heterocycles. The predicted molar refractivity (Wildman–Crippen MR) is 45.6 cm³/mol. The van der Waals surface area contributed by atoms with Crippen LogP contribution in [0.25, 0.3) is 0 Å². The van der Waals surface area contributed by atoms with Gasteiger partial charge in [-0.2, -0.15) is 17.4 Å². The second-order valence-corrected chi connectivity index (χ2v) is 2.68. The summed E-state index contributed by atoms with van der Waals surface area (Å²) in [7, 11) is 0. The van der Waals surface area contributed by atoms with Crippen LogP contribution in [0.2, 0.25) is 0 Å². The van der Waals surface area contributed by atoms with Crippen molar-refractivity contribution in [1.82, 2.24) is 0 Å². The Morgan fingerprint density at radius 1 is 1.21 bits per heavy atom. The maximum absolute atomic E-state index is 12.1. The maximum Gasteiger partial charge on any atom is 0.416 e. The standard InChI is InChI=1S/C7H5F3N2OS/c8-7(9,10)5-1-3-6(4-2-5)11-12-14-13/h1-4,11H. The van der Waals surface area contributed by atoms with Gasteiger partial charge in [0.15, 0.2) is 0 Å². The fraction of sp³-hybridized carbons (Fsp3) is 0.143. The van der Waals surface area contributed by atoms with Crippen molar-refractivity contribution in [1.29, 1.82) is 0 Å². The van der Waals surface area contributed by atoms with E-state index in [1.807, 2.05) is 0 Å². The van der Waals surface area contributed by atoms with Crippen molar-refractivity contribution in [3.8, 4) is 0 Å². The van der Waals surface area contributed by atoms with Crippen molar-refractivity contribution >= 4 is 17.2 Å². The third-order valence-corrected chi connectivity index (χ3v) is 1.59. The second kappa shape index (κ2) is 4.23. The zero-order chi connectivity index (χ0) is 10.6. The number of nitrogens with one attached hydrogen (secondary N) is 1. The second-order valence-electron chi connectivity index (χ2n) is 2.35. The lowest BCUT2D eigenvalue weighted by molar-refractivity contribution is -0.137. The van der Waals surface area contributed by atoms with Gasteiger partial charge in [0.05, 0.1) is 11.3 Å². The predicted octanol–water partition coefficient (Wildman–Crippen LogP) is 2.43. The molecule has 3 nitrogen and oxygen atoms in total. The van der Waals surface area contributed by atoms with Crippen LogP contribution in [0, 0.1) is 0 Å². The molecular formula is C7H5F3N2OS. The minimum atomic E-state index is -4.34. The van der Waals surface area contributed by atoms with Crippen molar-refractivity contribution in [3.05, 3.63) is 29.8 Å². The molecule has 1 N–H and O–H groups in total. The molecule has 0 spiro atoms. The van der Waals surface area contributed by atoms with E-state index in [-0.39, 0.29) is 11.5 Å². The van der Waals surface area contributed by atoms with Crippen LogP contribution in [0.4, 0.5) is 18.9 Å². The highest BCUT2D eigenvalue weighted by atomic mass is 32.1. The van der Waals surface area contributed by atoms with E-state index in [0.29, 0.717) is 5.69 Å². The highest BCUT2D eigenvalue weighted by molar-refractivity contribution is 7.54. The van der Waals surface area contributed by atoms with Gasteiger partial charge in [0.2, 0.25) is 11.5 Å². The Morgan fingerprint density at radius 3 is 2.21 bits per heavy atom. The van der Waals surface area contributed by atoms with Crippen LogP contribution in [0.5, 0.6) is 0 Å². The monoisotopic (exact) mass is 222 g/mol. The Labute approximate surface area is 81.2 Å². The first-order valence-electron chi connectivity index (χ1n) is 3.46. The molecule has 76 valence electrons. The van der Waals surface area contributed by atoms with Gasteiger partial charge < -0.3 is 0 Å². The molecule has 1 aromatic rings. The Balaban J connectivity index is 2.83. The first-order chi connectivity index (χ1) is 6.54. The van der Waals surface area contributed by atoms with Gasteiger partial charge >= 0.3 is 6.18 Å². The van der Waals surface area contributed by atoms with Crippen LogP contribution in [0.1, 0.15) is 5.56 Å². The summed E-state index contributed by atoms with van der Waals surface area (Å²) in [6, 6.07) is 4.21. The summed E-state index contributed by atoms with van der Waals surface area (Å²) in [5.41, 5.74) is 1.88. The van der Waals surface area contributed by atoms with Gasteiger partial charge in [0.1, 0.15) is 0 Å². The third kappa shape index (κ3) is 2.84. The molecule has 0 saturated carbocycles. The molecule has 1 rings (SSSR count). The van der Waals surface area contributed by atoms with Gasteiger partial charge in [-0.3, -0.25) is 5.43 Å². The van der Waals surface area contributed by atoms with Gasteiger partial charge in [-0.05, 0) is 24.3 Å².